The van der Waals surface area contributed by atoms with Crippen LogP contribution >= 0.6 is 0 Å². The molecule has 0 aromatic carbocycles. The second kappa shape index (κ2) is 7.14. The zero-order chi connectivity index (χ0) is 17.8. The molecule has 0 aliphatic heterocycles. The predicted octanol–water partition coefficient (Wildman–Crippen LogP) is 8.19. The number of hydrogen-bond acceptors (Lipinski definition) is 0. The van der Waals surface area contributed by atoms with Gasteiger partial charge in [0.1, 0.15) is 0 Å². The van der Waals surface area contributed by atoms with Gasteiger partial charge in [0.25, 0.3) is 0 Å². The van der Waals surface area contributed by atoms with E-state index in [2.05, 4.69) is 46.8 Å². The molecule has 3 saturated carbocycles. The van der Waals surface area contributed by atoms with Crippen LogP contribution < -0.4 is 0 Å². The molecule has 0 radical (unpaired) electrons. The van der Waals surface area contributed by atoms with Crippen molar-refractivity contribution in [3.63, 3.8) is 0 Å². The van der Waals surface area contributed by atoms with Crippen molar-refractivity contribution in [3.8, 4) is 0 Å². The van der Waals surface area contributed by atoms with Crippen molar-refractivity contribution >= 4 is 0 Å². The Morgan fingerprint density at radius 1 is 1.08 bits per heavy atom. The zero-order valence-corrected chi connectivity index (χ0v) is 17.4. The smallest absolute Gasteiger partial charge is 0.00851 e. The highest BCUT2D eigenvalue weighted by Crippen LogP contribution is 2.67. The monoisotopic (exact) mass is 356 g/mol. The topological polar surface area (TPSA) is 0 Å². The Kier molecular flexibility index (Phi) is 5.55. The fourth-order valence-electron chi connectivity index (χ4n) is 8.11. The summed E-state index contributed by atoms with van der Waals surface area (Å²) in [6, 6.07) is 0. The summed E-state index contributed by atoms with van der Waals surface area (Å²) in [5.74, 6) is 4.68. The largest absolute Gasteiger partial charge is 0.0856 e. The normalized spacial score (nSPS) is 48.0. The van der Waals surface area contributed by atoms with Crippen LogP contribution in [0.25, 0.3) is 0 Å². The van der Waals surface area contributed by atoms with E-state index in [0.717, 1.165) is 29.6 Å². The Bertz CT molecular complexity index is 581. The van der Waals surface area contributed by atoms with Gasteiger partial charge in [0, 0.05) is 0 Å². The molecule has 3 fully saturated rings. The van der Waals surface area contributed by atoms with E-state index >= 15 is 0 Å². The van der Waals surface area contributed by atoms with Gasteiger partial charge >= 0.3 is 0 Å². The molecule has 0 N–H and O–H groups in total. The van der Waals surface area contributed by atoms with Crippen molar-refractivity contribution in [2.24, 2.45) is 40.4 Å². The summed E-state index contributed by atoms with van der Waals surface area (Å²) in [5.41, 5.74) is 4.70. The molecule has 26 heavy (non-hydrogen) atoms. The first-order valence-electron chi connectivity index (χ1n) is 11.3. The maximum Gasteiger partial charge on any atom is -0.00851 e. The van der Waals surface area contributed by atoms with Crippen molar-refractivity contribution in [1.29, 1.82) is 0 Å². The minimum atomic E-state index is 0. The zero-order valence-electron chi connectivity index (χ0n) is 17.4. The van der Waals surface area contributed by atoms with Gasteiger partial charge in [-0.25, -0.2) is 0 Å². The van der Waals surface area contributed by atoms with E-state index in [0.29, 0.717) is 10.8 Å². The molecule has 0 amide bonds. The lowest BCUT2D eigenvalue weighted by molar-refractivity contribution is -0.0479. The van der Waals surface area contributed by atoms with Gasteiger partial charge in [0.05, 0.1) is 0 Å². The summed E-state index contributed by atoms with van der Waals surface area (Å²) in [5, 5.41) is 0. The van der Waals surface area contributed by atoms with Crippen molar-refractivity contribution in [2.45, 2.75) is 99.8 Å². The first kappa shape index (κ1) is 20.2. The number of fused-ring (bicyclic) bond motifs is 5. The number of hydrogen-bond donors (Lipinski definition) is 0. The average Bonchev–Trinajstić information content (AvgIpc) is 2.93. The lowest BCUT2D eigenvalue weighted by Gasteiger charge is -2.58. The molecule has 0 spiro atoms. The van der Waals surface area contributed by atoms with E-state index in [4.69, 9.17) is 0 Å². The molecular formula is C26H44. The Hall–Kier alpha value is -0.520. The van der Waals surface area contributed by atoms with Crippen LogP contribution in [-0.2, 0) is 0 Å². The summed E-state index contributed by atoms with van der Waals surface area (Å²) >= 11 is 0. The Morgan fingerprint density at radius 2 is 1.85 bits per heavy atom. The third kappa shape index (κ3) is 2.85. The molecule has 0 aromatic heterocycles. The van der Waals surface area contributed by atoms with Gasteiger partial charge in [0.2, 0.25) is 0 Å². The van der Waals surface area contributed by atoms with Gasteiger partial charge in [-0.05, 0) is 105 Å². The highest BCUT2D eigenvalue weighted by Gasteiger charge is 2.58. The molecule has 4 aliphatic rings. The van der Waals surface area contributed by atoms with E-state index in [-0.39, 0.29) is 7.43 Å². The maximum absolute atomic E-state index is 2.68. The molecule has 0 heteroatoms. The van der Waals surface area contributed by atoms with E-state index in [1.807, 2.05) is 5.57 Å². The van der Waals surface area contributed by atoms with E-state index < -0.39 is 0 Å². The van der Waals surface area contributed by atoms with E-state index in [1.54, 1.807) is 5.57 Å². The number of rotatable bonds is 2. The SMILES string of the molecule is C.CC/C=C(\C)C1CCC2C3CCC4=CC(C)CCC4(C)C3CCC12C. The molecule has 4 rings (SSSR count). The molecule has 0 bridgehead atoms. The minimum absolute atomic E-state index is 0. The summed E-state index contributed by atoms with van der Waals surface area (Å²) in [6.45, 7) is 12.5. The maximum atomic E-state index is 2.68. The summed E-state index contributed by atoms with van der Waals surface area (Å²) < 4.78 is 0. The fourth-order valence-corrected chi connectivity index (χ4v) is 8.11. The van der Waals surface area contributed by atoms with Crippen LogP contribution in [-0.4, -0.2) is 0 Å². The van der Waals surface area contributed by atoms with Gasteiger partial charge in [0.15, 0.2) is 0 Å². The van der Waals surface area contributed by atoms with Crippen molar-refractivity contribution in [2.75, 3.05) is 0 Å². The standard InChI is InChI=1S/C25H40.CH4/c1-6-7-18(3)21-10-11-22-20-9-8-19-16-17(2)12-14-24(19,4)23(20)13-15-25(21,22)5;/h7,16-17,20-23H,6,8-15H2,1-5H3;1H4/b18-7+;. The molecular weight excluding hydrogens is 312 g/mol. The molecule has 7 atom stereocenters. The minimum Gasteiger partial charge on any atom is -0.0856 e. The van der Waals surface area contributed by atoms with E-state index in [9.17, 15) is 0 Å². The Labute approximate surface area is 163 Å². The first-order valence-corrected chi connectivity index (χ1v) is 11.3. The molecule has 7 unspecified atom stereocenters. The highest BCUT2D eigenvalue weighted by molar-refractivity contribution is 5.25. The molecule has 0 aromatic rings. The molecule has 4 aliphatic carbocycles. The van der Waals surface area contributed by atoms with Crippen LogP contribution in [0.15, 0.2) is 23.3 Å². The van der Waals surface area contributed by atoms with Gasteiger partial charge in [-0.3, -0.25) is 0 Å². The first-order chi connectivity index (χ1) is 11.9. The van der Waals surface area contributed by atoms with Crippen molar-refractivity contribution in [3.05, 3.63) is 23.3 Å². The quantitative estimate of drug-likeness (QED) is 0.437. The van der Waals surface area contributed by atoms with Crippen LogP contribution in [0, 0.1) is 40.4 Å². The van der Waals surface area contributed by atoms with Gasteiger partial charge in [-0.15, -0.1) is 0 Å². The summed E-state index contributed by atoms with van der Waals surface area (Å²) in [6.07, 6.45) is 18.1. The number of allylic oxidation sites excluding steroid dienone is 4. The van der Waals surface area contributed by atoms with Crippen LogP contribution in [0.4, 0.5) is 0 Å². The summed E-state index contributed by atoms with van der Waals surface area (Å²) in [4.78, 5) is 0. The highest BCUT2D eigenvalue weighted by atomic mass is 14.6. The fraction of sp³-hybridized carbons (Fsp3) is 0.846. The van der Waals surface area contributed by atoms with Gasteiger partial charge < -0.3 is 0 Å². The van der Waals surface area contributed by atoms with Crippen LogP contribution in [0.2, 0.25) is 0 Å². The van der Waals surface area contributed by atoms with Crippen LogP contribution in [0.5, 0.6) is 0 Å². The van der Waals surface area contributed by atoms with Crippen LogP contribution in [0.1, 0.15) is 99.8 Å². The Balaban J connectivity index is 0.00000196. The third-order valence-electron chi connectivity index (χ3n) is 9.42. The molecule has 148 valence electrons. The predicted molar refractivity (Wildman–Crippen MR) is 115 cm³/mol. The Morgan fingerprint density at radius 3 is 2.58 bits per heavy atom. The molecule has 0 saturated heterocycles. The molecule has 0 heterocycles. The average molecular weight is 357 g/mol. The van der Waals surface area contributed by atoms with E-state index in [1.165, 1.54) is 57.8 Å². The second-order valence-electron chi connectivity index (χ2n) is 10.6. The van der Waals surface area contributed by atoms with Gasteiger partial charge in [-0.2, -0.15) is 0 Å². The lowest BCUT2D eigenvalue weighted by Crippen LogP contribution is -2.50. The third-order valence-corrected chi connectivity index (χ3v) is 9.42. The van der Waals surface area contributed by atoms with Crippen LogP contribution in [0.3, 0.4) is 0 Å². The van der Waals surface area contributed by atoms with Crippen molar-refractivity contribution < 1.29 is 0 Å². The summed E-state index contributed by atoms with van der Waals surface area (Å²) in [7, 11) is 0. The van der Waals surface area contributed by atoms with Crippen molar-refractivity contribution in [1.82, 2.24) is 0 Å². The molecule has 0 nitrogen and oxygen atoms in total. The second-order valence-corrected chi connectivity index (χ2v) is 10.6. The lowest BCUT2D eigenvalue weighted by atomic mass is 9.46. The van der Waals surface area contributed by atoms with Gasteiger partial charge in [-0.1, -0.05) is 58.4 Å².